The molecule has 0 atom stereocenters. The van der Waals surface area contributed by atoms with E-state index in [1.54, 1.807) is 0 Å². The third-order valence-electron chi connectivity index (χ3n) is 3.15. The summed E-state index contributed by atoms with van der Waals surface area (Å²) in [6.45, 7) is 0. The van der Waals surface area contributed by atoms with E-state index in [1.807, 2.05) is 30.3 Å². The molecule has 0 saturated carbocycles. The Labute approximate surface area is 130 Å². The molecule has 0 spiro atoms. The molecule has 0 N–H and O–H groups in total. The SMILES string of the molecule is COC(=O)c1cn(-c2ccccc2)nc1-c1ccc([N+](=O)[O-])o1. The van der Waals surface area contributed by atoms with Crippen LogP contribution in [0.3, 0.4) is 0 Å². The number of methoxy groups -OCH3 is 1. The fraction of sp³-hybridized carbons (Fsp3) is 0.0667. The van der Waals surface area contributed by atoms with Gasteiger partial charge in [0.15, 0.2) is 5.76 Å². The molecule has 2 heterocycles. The second kappa shape index (κ2) is 5.76. The molecule has 1 aromatic carbocycles. The lowest BCUT2D eigenvalue weighted by Gasteiger charge is -1.98. The Morgan fingerprint density at radius 3 is 2.61 bits per heavy atom. The minimum atomic E-state index is -0.657. The van der Waals surface area contributed by atoms with Crippen LogP contribution in [0.25, 0.3) is 17.1 Å². The Morgan fingerprint density at radius 2 is 2.00 bits per heavy atom. The number of esters is 1. The van der Waals surface area contributed by atoms with Crippen LogP contribution in [0.15, 0.2) is 53.1 Å². The molecular formula is C15H11N3O5. The fourth-order valence-electron chi connectivity index (χ4n) is 2.08. The van der Waals surface area contributed by atoms with Crippen LogP contribution in [0.5, 0.6) is 0 Å². The number of hydrogen-bond donors (Lipinski definition) is 0. The van der Waals surface area contributed by atoms with E-state index in [4.69, 9.17) is 9.15 Å². The second-order valence-electron chi connectivity index (χ2n) is 4.56. The molecule has 0 aliphatic heterocycles. The van der Waals surface area contributed by atoms with E-state index in [9.17, 15) is 14.9 Å². The molecule has 0 amide bonds. The minimum absolute atomic E-state index is 0.117. The first-order valence-corrected chi connectivity index (χ1v) is 6.58. The highest BCUT2D eigenvalue weighted by molar-refractivity contribution is 5.95. The molecule has 116 valence electrons. The quantitative estimate of drug-likeness (QED) is 0.417. The highest BCUT2D eigenvalue weighted by Gasteiger charge is 2.23. The summed E-state index contributed by atoms with van der Waals surface area (Å²) in [6.07, 6.45) is 1.49. The van der Waals surface area contributed by atoms with Gasteiger partial charge >= 0.3 is 11.9 Å². The van der Waals surface area contributed by atoms with Crippen molar-refractivity contribution in [2.75, 3.05) is 7.11 Å². The highest BCUT2D eigenvalue weighted by Crippen LogP contribution is 2.28. The molecule has 0 aliphatic carbocycles. The van der Waals surface area contributed by atoms with E-state index in [1.165, 1.54) is 30.1 Å². The van der Waals surface area contributed by atoms with Gasteiger partial charge in [0.05, 0.1) is 18.9 Å². The number of furan rings is 1. The van der Waals surface area contributed by atoms with Crippen LogP contribution >= 0.6 is 0 Å². The van der Waals surface area contributed by atoms with Crippen LogP contribution in [0.2, 0.25) is 0 Å². The zero-order valence-electron chi connectivity index (χ0n) is 12.0. The standard InChI is InChI=1S/C15H11N3O5/c1-22-15(19)11-9-17(10-5-3-2-4-6-10)16-14(11)12-7-8-13(23-12)18(20)21/h2-9H,1H3. The van der Waals surface area contributed by atoms with Crippen LogP contribution in [0.1, 0.15) is 10.4 Å². The van der Waals surface area contributed by atoms with E-state index in [2.05, 4.69) is 5.10 Å². The Morgan fingerprint density at radius 1 is 1.26 bits per heavy atom. The van der Waals surface area contributed by atoms with Gasteiger partial charge in [0, 0.05) is 6.20 Å². The van der Waals surface area contributed by atoms with Crippen molar-refractivity contribution in [1.29, 1.82) is 0 Å². The number of hydrogen-bond acceptors (Lipinski definition) is 6. The summed E-state index contributed by atoms with van der Waals surface area (Å²) in [7, 11) is 1.25. The van der Waals surface area contributed by atoms with Crippen molar-refractivity contribution in [2.24, 2.45) is 0 Å². The van der Waals surface area contributed by atoms with Crippen LogP contribution in [-0.2, 0) is 4.74 Å². The molecule has 8 nitrogen and oxygen atoms in total. The molecule has 0 saturated heterocycles. The third kappa shape index (κ3) is 2.69. The molecule has 0 aliphatic rings. The predicted molar refractivity (Wildman–Crippen MR) is 79.3 cm³/mol. The van der Waals surface area contributed by atoms with Crippen molar-refractivity contribution in [1.82, 2.24) is 9.78 Å². The van der Waals surface area contributed by atoms with Gasteiger partial charge in [-0.2, -0.15) is 5.10 Å². The zero-order valence-corrected chi connectivity index (χ0v) is 12.0. The Hall–Kier alpha value is -3.42. The van der Waals surface area contributed by atoms with Gasteiger partial charge in [0.1, 0.15) is 16.2 Å². The van der Waals surface area contributed by atoms with Gasteiger partial charge in [0.2, 0.25) is 0 Å². The molecule has 0 unspecified atom stereocenters. The number of rotatable bonds is 4. The van der Waals surface area contributed by atoms with Gasteiger partial charge in [-0.3, -0.25) is 10.1 Å². The molecule has 2 aromatic heterocycles. The van der Waals surface area contributed by atoms with E-state index >= 15 is 0 Å². The Bertz CT molecular complexity index is 866. The normalized spacial score (nSPS) is 10.5. The number of carbonyl (C=O) groups is 1. The van der Waals surface area contributed by atoms with Gasteiger partial charge in [-0.1, -0.05) is 18.2 Å². The smallest absolute Gasteiger partial charge is 0.433 e. The molecular weight excluding hydrogens is 302 g/mol. The number of ether oxygens (including phenoxy) is 1. The number of para-hydroxylation sites is 1. The summed E-state index contributed by atoms with van der Waals surface area (Å²) < 4.78 is 11.3. The van der Waals surface area contributed by atoms with Crippen LogP contribution in [-0.4, -0.2) is 27.8 Å². The van der Waals surface area contributed by atoms with E-state index < -0.39 is 16.8 Å². The minimum Gasteiger partial charge on any atom is -0.465 e. The first kappa shape index (κ1) is 14.5. The Kier molecular flexibility index (Phi) is 3.63. The third-order valence-corrected chi connectivity index (χ3v) is 3.15. The summed E-state index contributed by atoms with van der Waals surface area (Å²) in [5.74, 6) is -0.918. The van der Waals surface area contributed by atoms with E-state index in [-0.39, 0.29) is 17.0 Å². The first-order valence-electron chi connectivity index (χ1n) is 6.58. The summed E-state index contributed by atoms with van der Waals surface area (Å²) >= 11 is 0. The van der Waals surface area contributed by atoms with Gasteiger partial charge in [0.25, 0.3) is 0 Å². The molecule has 3 rings (SSSR count). The number of nitrogens with zero attached hydrogens (tertiary/aromatic N) is 3. The summed E-state index contributed by atoms with van der Waals surface area (Å²) in [6, 6.07) is 11.7. The molecule has 8 heteroatoms. The van der Waals surface area contributed by atoms with Crippen molar-refractivity contribution in [2.45, 2.75) is 0 Å². The molecule has 0 bridgehead atoms. The first-order chi connectivity index (χ1) is 11.1. The summed E-state index contributed by atoms with van der Waals surface area (Å²) in [5.41, 5.74) is 1.05. The van der Waals surface area contributed by atoms with Crippen LogP contribution < -0.4 is 0 Å². The lowest BCUT2D eigenvalue weighted by Crippen LogP contribution is -2.01. The maximum absolute atomic E-state index is 11.9. The monoisotopic (exact) mass is 313 g/mol. The lowest BCUT2D eigenvalue weighted by molar-refractivity contribution is -0.401. The van der Waals surface area contributed by atoms with E-state index in [0.29, 0.717) is 0 Å². The van der Waals surface area contributed by atoms with Gasteiger partial charge in [-0.05, 0) is 18.2 Å². The van der Waals surface area contributed by atoms with Gasteiger partial charge in [-0.25, -0.2) is 9.48 Å². The molecule has 3 aromatic rings. The zero-order chi connectivity index (χ0) is 16.4. The van der Waals surface area contributed by atoms with E-state index in [0.717, 1.165) is 5.69 Å². The second-order valence-corrected chi connectivity index (χ2v) is 4.56. The average Bonchev–Trinajstić information content (AvgIpc) is 3.21. The summed E-state index contributed by atoms with van der Waals surface area (Å²) in [5, 5.41) is 15.0. The predicted octanol–water partition coefficient (Wildman–Crippen LogP) is 2.83. The summed E-state index contributed by atoms with van der Waals surface area (Å²) in [4.78, 5) is 22.0. The van der Waals surface area contributed by atoms with Crippen molar-refractivity contribution in [3.05, 3.63) is 64.3 Å². The van der Waals surface area contributed by atoms with Crippen molar-refractivity contribution < 1.29 is 18.9 Å². The Balaban J connectivity index is 2.12. The molecule has 0 radical (unpaired) electrons. The van der Waals surface area contributed by atoms with Gasteiger partial charge in [-0.15, -0.1) is 0 Å². The number of benzene rings is 1. The molecule has 0 fully saturated rings. The van der Waals surface area contributed by atoms with Crippen LogP contribution in [0.4, 0.5) is 5.88 Å². The molecule has 23 heavy (non-hydrogen) atoms. The van der Waals surface area contributed by atoms with Gasteiger partial charge < -0.3 is 9.15 Å². The lowest BCUT2D eigenvalue weighted by atomic mass is 10.2. The van der Waals surface area contributed by atoms with Crippen molar-refractivity contribution in [3.63, 3.8) is 0 Å². The van der Waals surface area contributed by atoms with Crippen molar-refractivity contribution >= 4 is 11.9 Å². The maximum Gasteiger partial charge on any atom is 0.433 e. The number of carbonyl (C=O) groups excluding carboxylic acids is 1. The number of aromatic nitrogens is 2. The largest absolute Gasteiger partial charge is 0.465 e. The highest BCUT2D eigenvalue weighted by atomic mass is 16.6. The average molecular weight is 313 g/mol. The van der Waals surface area contributed by atoms with Crippen molar-refractivity contribution in [3.8, 4) is 17.1 Å². The topological polar surface area (TPSA) is 100 Å². The maximum atomic E-state index is 11.9. The van der Waals surface area contributed by atoms with Crippen LogP contribution in [0, 0.1) is 10.1 Å². The fourth-order valence-corrected chi connectivity index (χ4v) is 2.08. The number of nitro groups is 1.